The van der Waals surface area contributed by atoms with Crippen LogP contribution >= 0.6 is 11.6 Å². The third-order valence-corrected chi connectivity index (χ3v) is 2.94. The second kappa shape index (κ2) is 4.37. The minimum absolute atomic E-state index is 0.0681. The molecule has 0 spiro atoms. The molecule has 0 bridgehead atoms. The first-order valence-electron chi connectivity index (χ1n) is 5.45. The van der Waals surface area contributed by atoms with E-state index in [0.717, 1.165) is 5.56 Å². The Labute approximate surface area is 112 Å². The molecule has 0 atom stereocenters. The predicted molar refractivity (Wildman–Crippen MR) is 71.1 cm³/mol. The summed E-state index contributed by atoms with van der Waals surface area (Å²) in [6.45, 7) is 0. The number of benzene rings is 2. The fourth-order valence-corrected chi connectivity index (χ4v) is 1.92. The number of aromatic nitrogens is 1. The maximum atomic E-state index is 10.9. The van der Waals surface area contributed by atoms with Gasteiger partial charge in [0.05, 0.1) is 4.92 Å². The number of oxazole rings is 1. The molecule has 1 aromatic heterocycles. The Bertz CT molecular complexity index is 765. The summed E-state index contributed by atoms with van der Waals surface area (Å²) in [5, 5.41) is 11.5. The van der Waals surface area contributed by atoms with Crippen LogP contribution in [0.15, 0.2) is 46.9 Å². The molecular weight excluding hydrogens is 268 g/mol. The van der Waals surface area contributed by atoms with E-state index < -0.39 is 4.92 Å². The number of para-hydroxylation sites is 1. The van der Waals surface area contributed by atoms with Gasteiger partial charge in [0, 0.05) is 16.7 Å². The number of hydrogen-bond acceptors (Lipinski definition) is 4. The van der Waals surface area contributed by atoms with Crippen LogP contribution in [0.5, 0.6) is 0 Å². The molecule has 1 heterocycles. The molecule has 0 amide bonds. The van der Waals surface area contributed by atoms with Gasteiger partial charge in [0.25, 0.3) is 5.69 Å². The Balaban J connectivity index is 2.19. The van der Waals surface area contributed by atoms with Gasteiger partial charge in [-0.15, -0.1) is 0 Å². The highest BCUT2D eigenvalue weighted by Gasteiger charge is 2.17. The van der Waals surface area contributed by atoms with Crippen LogP contribution in [-0.4, -0.2) is 9.91 Å². The Kier molecular flexibility index (Phi) is 2.68. The second-order valence-corrected chi connectivity index (χ2v) is 4.34. The van der Waals surface area contributed by atoms with Gasteiger partial charge >= 0.3 is 0 Å². The molecule has 94 valence electrons. The van der Waals surface area contributed by atoms with E-state index in [1.165, 1.54) is 6.07 Å². The number of nitro groups is 1. The summed E-state index contributed by atoms with van der Waals surface area (Å²) in [5.41, 5.74) is 1.29. The molecule has 19 heavy (non-hydrogen) atoms. The van der Waals surface area contributed by atoms with Gasteiger partial charge in [-0.25, -0.2) is 4.98 Å². The molecule has 2 aromatic carbocycles. The van der Waals surface area contributed by atoms with Crippen molar-refractivity contribution in [2.75, 3.05) is 0 Å². The Hall–Kier alpha value is -2.40. The van der Waals surface area contributed by atoms with Crippen molar-refractivity contribution in [1.29, 1.82) is 0 Å². The van der Waals surface area contributed by atoms with E-state index in [1.807, 2.05) is 0 Å². The maximum Gasteiger partial charge on any atom is 0.298 e. The maximum absolute atomic E-state index is 10.9. The summed E-state index contributed by atoms with van der Waals surface area (Å²) in [6, 6.07) is 11.5. The number of rotatable bonds is 2. The zero-order chi connectivity index (χ0) is 13.4. The highest BCUT2D eigenvalue weighted by Crippen LogP contribution is 2.30. The number of nitrogens with zero attached hydrogens (tertiary/aromatic N) is 2. The number of nitro benzene ring substituents is 1. The molecule has 3 rings (SSSR count). The zero-order valence-corrected chi connectivity index (χ0v) is 10.3. The first-order valence-corrected chi connectivity index (χ1v) is 5.83. The van der Waals surface area contributed by atoms with Gasteiger partial charge in [-0.2, -0.15) is 0 Å². The normalized spacial score (nSPS) is 10.8. The van der Waals surface area contributed by atoms with Crippen LogP contribution in [0.1, 0.15) is 0 Å². The van der Waals surface area contributed by atoms with Crippen molar-refractivity contribution in [1.82, 2.24) is 4.98 Å². The van der Waals surface area contributed by atoms with Crippen molar-refractivity contribution in [2.45, 2.75) is 0 Å². The van der Waals surface area contributed by atoms with Crippen molar-refractivity contribution in [3.05, 3.63) is 57.6 Å². The van der Waals surface area contributed by atoms with Crippen LogP contribution in [-0.2, 0) is 0 Å². The Morgan fingerprint density at radius 3 is 2.58 bits per heavy atom. The van der Waals surface area contributed by atoms with E-state index in [1.54, 1.807) is 36.4 Å². The van der Waals surface area contributed by atoms with Crippen molar-refractivity contribution in [3.63, 3.8) is 0 Å². The van der Waals surface area contributed by atoms with Gasteiger partial charge in [-0.1, -0.05) is 17.7 Å². The van der Waals surface area contributed by atoms with Crippen LogP contribution < -0.4 is 0 Å². The van der Waals surface area contributed by atoms with Crippen LogP contribution in [0.4, 0.5) is 5.69 Å². The van der Waals surface area contributed by atoms with Crippen molar-refractivity contribution < 1.29 is 9.34 Å². The lowest BCUT2D eigenvalue weighted by atomic mass is 10.2. The molecule has 0 unspecified atom stereocenters. The second-order valence-electron chi connectivity index (χ2n) is 3.91. The summed E-state index contributed by atoms with van der Waals surface area (Å²) in [4.78, 5) is 14.6. The topological polar surface area (TPSA) is 69.2 Å². The molecule has 5 nitrogen and oxygen atoms in total. The quantitative estimate of drug-likeness (QED) is 0.522. The van der Waals surface area contributed by atoms with Crippen molar-refractivity contribution in [3.8, 4) is 11.5 Å². The first kappa shape index (κ1) is 11.7. The molecule has 0 radical (unpaired) electrons. The van der Waals surface area contributed by atoms with Crippen LogP contribution in [0.2, 0.25) is 5.02 Å². The number of hydrogen-bond donors (Lipinski definition) is 0. The van der Waals surface area contributed by atoms with Gasteiger partial charge < -0.3 is 4.42 Å². The Morgan fingerprint density at radius 1 is 1.16 bits per heavy atom. The molecule has 3 aromatic rings. The van der Waals surface area contributed by atoms with Crippen LogP contribution in [0.3, 0.4) is 0 Å². The number of halogens is 1. The van der Waals surface area contributed by atoms with E-state index >= 15 is 0 Å². The summed E-state index contributed by atoms with van der Waals surface area (Å²) < 4.78 is 5.53. The molecular formula is C13H7ClN2O3. The van der Waals surface area contributed by atoms with Crippen LogP contribution in [0.25, 0.3) is 22.6 Å². The lowest BCUT2D eigenvalue weighted by molar-refractivity contribution is -0.383. The van der Waals surface area contributed by atoms with E-state index in [9.17, 15) is 10.1 Å². The van der Waals surface area contributed by atoms with Crippen LogP contribution in [0, 0.1) is 10.1 Å². The smallest absolute Gasteiger partial charge is 0.298 e. The van der Waals surface area contributed by atoms with Crippen molar-refractivity contribution >= 4 is 28.4 Å². The Morgan fingerprint density at radius 2 is 1.89 bits per heavy atom. The average molecular weight is 275 g/mol. The van der Waals surface area contributed by atoms with Gasteiger partial charge in [0.15, 0.2) is 11.1 Å². The lowest BCUT2D eigenvalue weighted by Gasteiger charge is -1.94. The van der Waals surface area contributed by atoms with Gasteiger partial charge in [0.2, 0.25) is 5.89 Å². The first-order chi connectivity index (χ1) is 9.15. The molecule has 0 aliphatic carbocycles. The number of non-ortho nitro benzene ring substituents is 1. The minimum Gasteiger partial charge on any atom is -0.436 e. The third-order valence-electron chi connectivity index (χ3n) is 2.69. The fourth-order valence-electron chi connectivity index (χ4n) is 1.80. The van der Waals surface area contributed by atoms with Gasteiger partial charge in [-0.05, 0) is 30.3 Å². The molecule has 0 saturated heterocycles. The van der Waals surface area contributed by atoms with E-state index in [4.69, 9.17) is 16.0 Å². The van der Waals surface area contributed by atoms with E-state index in [2.05, 4.69) is 4.98 Å². The highest BCUT2D eigenvalue weighted by atomic mass is 35.5. The molecule has 0 aliphatic rings. The SMILES string of the molecule is O=[N+]([O-])c1cccc2oc(-c3ccc(Cl)cc3)nc12. The average Bonchev–Trinajstić information content (AvgIpc) is 2.82. The summed E-state index contributed by atoms with van der Waals surface area (Å²) >= 11 is 5.80. The fraction of sp³-hybridized carbons (Fsp3) is 0. The molecule has 0 saturated carbocycles. The summed E-state index contributed by atoms with van der Waals surface area (Å²) in [7, 11) is 0. The molecule has 0 fully saturated rings. The standard InChI is InChI=1S/C13H7ClN2O3/c14-9-6-4-8(5-7-9)13-15-12-10(16(17)18)2-1-3-11(12)19-13/h1-7H. The van der Waals surface area contributed by atoms with Gasteiger partial charge in [-0.3, -0.25) is 10.1 Å². The van der Waals surface area contributed by atoms with Crippen molar-refractivity contribution in [2.24, 2.45) is 0 Å². The largest absolute Gasteiger partial charge is 0.436 e. The predicted octanol–water partition coefficient (Wildman–Crippen LogP) is 4.06. The minimum atomic E-state index is -0.476. The van der Waals surface area contributed by atoms with Gasteiger partial charge in [0.1, 0.15) is 0 Å². The van der Waals surface area contributed by atoms with E-state index in [-0.39, 0.29) is 11.2 Å². The van der Waals surface area contributed by atoms with E-state index in [0.29, 0.717) is 16.5 Å². The summed E-state index contributed by atoms with van der Waals surface area (Å²) in [5.74, 6) is 0.334. The highest BCUT2D eigenvalue weighted by molar-refractivity contribution is 6.30. The number of fused-ring (bicyclic) bond motifs is 1. The molecule has 0 aliphatic heterocycles. The third kappa shape index (κ3) is 2.04. The lowest BCUT2D eigenvalue weighted by Crippen LogP contribution is -1.88. The molecule has 6 heteroatoms. The summed E-state index contributed by atoms with van der Waals surface area (Å²) in [6.07, 6.45) is 0. The zero-order valence-electron chi connectivity index (χ0n) is 9.54. The monoisotopic (exact) mass is 274 g/mol. The molecule has 0 N–H and O–H groups in total.